The van der Waals surface area contributed by atoms with Crippen molar-refractivity contribution in [3.63, 3.8) is 0 Å². The molecular weight excluding hydrogens is 492 g/mol. The Balaban J connectivity index is 1.24. The molecule has 0 aromatic heterocycles. The Morgan fingerprint density at radius 1 is 1.05 bits per heavy atom. The predicted molar refractivity (Wildman–Crippen MR) is 139 cm³/mol. The van der Waals surface area contributed by atoms with Crippen LogP contribution in [0, 0.1) is 11.8 Å². The number of ether oxygens (including phenoxy) is 3. The zero-order chi connectivity index (χ0) is 25.8. The molecule has 3 aromatic carbocycles. The maximum atomic E-state index is 13.0. The van der Waals surface area contributed by atoms with Gasteiger partial charge in [-0.2, -0.15) is 0 Å². The molecule has 7 heteroatoms. The van der Waals surface area contributed by atoms with Gasteiger partial charge in [0.05, 0.1) is 12.0 Å². The van der Waals surface area contributed by atoms with Crippen LogP contribution in [0.25, 0.3) is 11.1 Å². The Morgan fingerprint density at radius 2 is 1.81 bits per heavy atom. The summed E-state index contributed by atoms with van der Waals surface area (Å²) < 4.78 is 17.0. The van der Waals surface area contributed by atoms with Crippen molar-refractivity contribution in [3.05, 3.63) is 102 Å². The van der Waals surface area contributed by atoms with Gasteiger partial charge in [0, 0.05) is 23.3 Å². The number of fused-ring (bicyclic) bond motifs is 1. The molecule has 37 heavy (non-hydrogen) atoms. The molecule has 1 heterocycles. The van der Waals surface area contributed by atoms with E-state index in [0.29, 0.717) is 22.8 Å². The molecule has 3 unspecified atom stereocenters. The van der Waals surface area contributed by atoms with Gasteiger partial charge >= 0.3 is 11.9 Å². The quantitative estimate of drug-likeness (QED) is 0.314. The summed E-state index contributed by atoms with van der Waals surface area (Å²) in [5, 5.41) is 11.0. The van der Waals surface area contributed by atoms with Crippen LogP contribution in [0.5, 0.6) is 5.75 Å². The fraction of sp³-hybridized carbons (Fsp3) is 0.267. The van der Waals surface area contributed by atoms with E-state index < -0.39 is 18.2 Å². The van der Waals surface area contributed by atoms with Crippen molar-refractivity contribution in [2.45, 2.75) is 31.2 Å². The zero-order valence-corrected chi connectivity index (χ0v) is 20.8. The van der Waals surface area contributed by atoms with Gasteiger partial charge in [0.25, 0.3) is 0 Å². The monoisotopic (exact) mass is 518 g/mol. The second kappa shape index (κ2) is 11.2. The van der Waals surface area contributed by atoms with Gasteiger partial charge in [0.2, 0.25) is 0 Å². The average Bonchev–Trinajstić information content (AvgIpc) is 3.42. The predicted octanol–water partition coefficient (Wildman–Crippen LogP) is 5.48. The molecule has 190 valence electrons. The molecule has 1 N–H and O–H groups in total. The van der Waals surface area contributed by atoms with Gasteiger partial charge < -0.3 is 19.3 Å². The molecule has 0 amide bonds. The highest BCUT2D eigenvalue weighted by Gasteiger charge is 2.50. The van der Waals surface area contributed by atoms with Crippen molar-refractivity contribution in [3.8, 4) is 16.9 Å². The van der Waals surface area contributed by atoms with E-state index in [1.54, 1.807) is 42.5 Å². The summed E-state index contributed by atoms with van der Waals surface area (Å²) in [7, 11) is 0. The first-order valence-electron chi connectivity index (χ1n) is 12.3. The third-order valence-corrected chi connectivity index (χ3v) is 7.04. The number of aliphatic hydroxyl groups excluding tert-OH is 1. The fourth-order valence-corrected chi connectivity index (χ4v) is 5.16. The zero-order valence-electron chi connectivity index (χ0n) is 20.0. The van der Waals surface area contributed by atoms with Gasteiger partial charge in [0.15, 0.2) is 0 Å². The van der Waals surface area contributed by atoms with E-state index in [0.717, 1.165) is 11.1 Å². The Morgan fingerprint density at radius 3 is 2.57 bits per heavy atom. The highest BCUT2D eigenvalue weighted by molar-refractivity contribution is 6.30. The molecule has 3 aromatic rings. The van der Waals surface area contributed by atoms with Crippen molar-refractivity contribution in [1.82, 2.24) is 0 Å². The van der Waals surface area contributed by atoms with Crippen LogP contribution in [0.4, 0.5) is 0 Å². The van der Waals surface area contributed by atoms with E-state index in [2.05, 4.69) is 0 Å². The Kier molecular flexibility index (Phi) is 7.58. The van der Waals surface area contributed by atoms with Crippen molar-refractivity contribution < 1.29 is 28.9 Å². The summed E-state index contributed by atoms with van der Waals surface area (Å²) in [6.45, 7) is 0.0330. The maximum absolute atomic E-state index is 13.0. The minimum Gasteiger partial charge on any atom is -0.491 e. The lowest BCUT2D eigenvalue weighted by atomic mass is 9.91. The van der Waals surface area contributed by atoms with E-state index in [9.17, 15) is 14.7 Å². The lowest BCUT2D eigenvalue weighted by Crippen LogP contribution is -2.25. The number of benzene rings is 3. The molecule has 0 spiro atoms. The molecule has 5 rings (SSSR count). The van der Waals surface area contributed by atoms with Crippen LogP contribution in [0.1, 0.15) is 23.2 Å². The number of halogens is 1. The topological polar surface area (TPSA) is 82.1 Å². The summed E-state index contributed by atoms with van der Waals surface area (Å²) in [5.74, 6) is -0.493. The Bertz CT molecular complexity index is 1270. The highest BCUT2D eigenvalue weighted by Crippen LogP contribution is 2.43. The number of hydrogen-bond acceptors (Lipinski definition) is 6. The number of aliphatic hydroxyl groups is 1. The summed E-state index contributed by atoms with van der Waals surface area (Å²) >= 11 is 5.97. The largest absolute Gasteiger partial charge is 0.491 e. The van der Waals surface area contributed by atoms with Gasteiger partial charge in [-0.3, -0.25) is 4.79 Å². The highest BCUT2D eigenvalue weighted by atomic mass is 35.5. The van der Waals surface area contributed by atoms with Crippen LogP contribution in [-0.2, 0) is 14.3 Å². The molecular formula is C30H27ClO6. The summed E-state index contributed by atoms with van der Waals surface area (Å²) in [4.78, 5) is 24.9. The van der Waals surface area contributed by atoms with Gasteiger partial charge in [-0.15, -0.1) is 0 Å². The number of carbonyl (C=O) groups excluding carboxylic acids is 2. The number of rotatable bonds is 8. The summed E-state index contributed by atoms with van der Waals surface area (Å²) in [5.41, 5.74) is 2.52. The van der Waals surface area contributed by atoms with Crippen LogP contribution in [0.15, 0.2) is 91.0 Å². The van der Waals surface area contributed by atoms with Gasteiger partial charge in [-0.05, 0) is 41.5 Å². The maximum Gasteiger partial charge on any atom is 0.338 e. The van der Waals surface area contributed by atoms with Crippen LogP contribution < -0.4 is 4.74 Å². The molecule has 2 fully saturated rings. The van der Waals surface area contributed by atoms with Gasteiger partial charge in [-0.1, -0.05) is 72.3 Å². The van der Waals surface area contributed by atoms with Crippen LogP contribution in [0.3, 0.4) is 0 Å². The fourth-order valence-electron chi connectivity index (χ4n) is 4.98. The SMILES string of the molecule is O=C1CC2C(C[C@@H](OC(=O)c3ccc(-c4ccccc4)cc3)[C@@H]2/C=C/C(O)COc2cccc(Cl)c2)O1. The van der Waals surface area contributed by atoms with Crippen LogP contribution >= 0.6 is 11.6 Å². The number of carbonyl (C=O) groups is 2. The van der Waals surface area contributed by atoms with E-state index in [4.69, 9.17) is 25.8 Å². The number of esters is 2. The smallest absolute Gasteiger partial charge is 0.338 e. The third kappa shape index (κ3) is 6.04. The van der Waals surface area contributed by atoms with E-state index in [1.807, 2.05) is 48.5 Å². The van der Waals surface area contributed by atoms with Crippen LogP contribution in [-0.4, -0.2) is 42.0 Å². The molecule has 1 aliphatic carbocycles. The lowest BCUT2D eigenvalue weighted by Gasteiger charge is -2.20. The Labute approximate surface area is 220 Å². The number of hydrogen-bond donors (Lipinski definition) is 1. The average molecular weight is 519 g/mol. The van der Waals surface area contributed by atoms with E-state index in [1.165, 1.54) is 0 Å². The third-order valence-electron chi connectivity index (χ3n) is 6.81. The molecule has 1 saturated carbocycles. The first-order chi connectivity index (χ1) is 18.0. The van der Waals surface area contributed by atoms with Crippen molar-refractivity contribution in [1.29, 1.82) is 0 Å². The second-order valence-corrected chi connectivity index (χ2v) is 9.75. The van der Waals surface area contributed by atoms with Crippen molar-refractivity contribution in [2.75, 3.05) is 6.61 Å². The molecule has 0 bridgehead atoms. The molecule has 1 saturated heterocycles. The first kappa shape index (κ1) is 25.1. The summed E-state index contributed by atoms with van der Waals surface area (Å²) in [6, 6.07) is 24.1. The molecule has 5 atom stereocenters. The Hall–Kier alpha value is -3.61. The van der Waals surface area contributed by atoms with Crippen molar-refractivity contribution in [2.24, 2.45) is 11.8 Å². The standard InChI is InChI=1S/C30H27ClO6/c31-22-7-4-8-24(15-22)35-18-23(32)13-14-25-26-16-29(33)36-28(26)17-27(25)37-30(34)21-11-9-20(10-12-21)19-5-2-1-3-6-19/h1-15,23,25-28,32H,16-18H2/b14-13+/t23?,25-,26?,27-,28?/m1/s1. The second-order valence-electron chi connectivity index (χ2n) is 9.32. The van der Waals surface area contributed by atoms with E-state index >= 15 is 0 Å². The lowest BCUT2D eigenvalue weighted by molar-refractivity contribution is -0.141. The molecule has 0 radical (unpaired) electrons. The van der Waals surface area contributed by atoms with Crippen molar-refractivity contribution >= 4 is 23.5 Å². The van der Waals surface area contributed by atoms with Crippen LogP contribution in [0.2, 0.25) is 5.02 Å². The minimum absolute atomic E-state index is 0.0330. The summed E-state index contributed by atoms with van der Waals surface area (Å²) in [6.07, 6.45) is 2.45. The molecule has 1 aliphatic heterocycles. The van der Waals surface area contributed by atoms with Gasteiger partial charge in [-0.25, -0.2) is 4.79 Å². The molecule has 6 nitrogen and oxygen atoms in total. The van der Waals surface area contributed by atoms with Gasteiger partial charge in [0.1, 0.15) is 30.7 Å². The molecule has 2 aliphatic rings. The first-order valence-corrected chi connectivity index (χ1v) is 12.6. The normalized spacial score (nSPS) is 23.5. The minimum atomic E-state index is -0.891. The van der Waals surface area contributed by atoms with E-state index in [-0.39, 0.29) is 36.9 Å².